The fourth-order valence-corrected chi connectivity index (χ4v) is 3.99. The van der Waals surface area contributed by atoms with Crippen LogP contribution in [0.5, 0.6) is 0 Å². The third kappa shape index (κ3) is 3.36. The van der Waals surface area contributed by atoms with Gasteiger partial charge in [-0.2, -0.15) is 0 Å². The van der Waals surface area contributed by atoms with Crippen molar-refractivity contribution in [2.45, 2.75) is 20.0 Å². The summed E-state index contributed by atoms with van der Waals surface area (Å²) in [6, 6.07) is 15.3. The number of rotatable bonds is 5. The van der Waals surface area contributed by atoms with E-state index in [1.807, 2.05) is 60.0 Å². The van der Waals surface area contributed by atoms with Crippen molar-refractivity contribution in [3.8, 4) is 0 Å². The average molecular weight is 434 g/mol. The first-order valence-electron chi connectivity index (χ1n) is 9.96. The summed E-state index contributed by atoms with van der Waals surface area (Å²) in [7, 11) is 1.61. The molecule has 0 radical (unpaired) electrons. The largest absolute Gasteiger partial charge is 0.383 e. The lowest BCUT2D eigenvalue weighted by atomic mass is 10.2. The summed E-state index contributed by atoms with van der Waals surface area (Å²) in [5.74, 6) is 0.624. The van der Waals surface area contributed by atoms with Gasteiger partial charge in [0.15, 0.2) is 11.3 Å². The van der Waals surface area contributed by atoms with Crippen molar-refractivity contribution in [3.05, 3.63) is 75.3 Å². The van der Waals surface area contributed by atoms with Crippen LogP contribution >= 0.6 is 11.6 Å². The molecule has 0 saturated carbocycles. The summed E-state index contributed by atoms with van der Waals surface area (Å²) in [6.45, 7) is 3.18. The summed E-state index contributed by atoms with van der Waals surface area (Å²) in [5.41, 5.74) is 4.18. The molecule has 0 aliphatic heterocycles. The van der Waals surface area contributed by atoms with Gasteiger partial charge in [-0.3, -0.25) is 9.36 Å². The number of fused-ring (bicyclic) bond motifs is 4. The molecule has 3 aromatic heterocycles. The van der Waals surface area contributed by atoms with E-state index < -0.39 is 0 Å². The first kappa shape index (κ1) is 19.7. The van der Waals surface area contributed by atoms with E-state index >= 15 is 0 Å². The molecule has 0 spiro atoms. The monoisotopic (exact) mass is 433 g/mol. The Morgan fingerprint density at radius 1 is 0.935 bits per heavy atom. The molecule has 0 amide bonds. The molecule has 3 heterocycles. The summed E-state index contributed by atoms with van der Waals surface area (Å²) >= 11 is 6.05. The molecule has 0 N–H and O–H groups in total. The number of aromatic nitrogens is 5. The van der Waals surface area contributed by atoms with Gasteiger partial charge < -0.3 is 9.30 Å². The van der Waals surface area contributed by atoms with Gasteiger partial charge in [-0.1, -0.05) is 35.9 Å². The van der Waals surface area contributed by atoms with Crippen LogP contribution in [0.3, 0.4) is 0 Å². The lowest BCUT2D eigenvalue weighted by Crippen LogP contribution is -2.26. The second-order valence-electron chi connectivity index (χ2n) is 7.40. The highest BCUT2D eigenvalue weighted by Crippen LogP contribution is 2.26. The van der Waals surface area contributed by atoms with Crippen LogP contribution in [0.2, 0.25) is 5.02 Å². The van der Waals surface area contributed by atoms with Crippen LogP contribution < -0.4 is 5.56 Å². The molecule has 156 valence electrons. The summed E-state index contributed by atoms with van der Waals surface area (Å²) < 4.78 is 8.77. The van der Waals surface area contributed by atoms with Gasteiger partial charge in [0.25, 0.3) is 5.56 Å². The Kier molecular flexibility index (Phi) is 4.92. The number of para-hydroxylation sites is 2. The maximum atomic E-state index is 13.5. The predicted octanol–water partition coefficient (Wildman–Crippen LogP) is 3.95. The second kappa shape index (κ2) is 7.76. The van der Waals surface area contributed by atoms with E-state index in [1.54, 1.807) is 11.7 Å². The highest BCUT2D eigenvalue weighted by molar-refractivity contribution is 6.30. The normalized spacial score (nSPS) is 11.7. The summed E-state index contributed by atoms with van der Waals surface area (Å²) in [5, 5.41) is 1.15. The molecule has 0 fully saturated rings. The first-order valence-corrected chi connectivity index (χ1v) is 10.3. The maximum absolute atomic E-state index is 13.5. The Bertz CT molecular complexity index is 1490. The predicted molar refractivity (Wildman–Crippen MR) is 122 cm³/mol. The Labute approximate surface area is 182 Å². The second-order valence-corrected chi connectivity index (χ2v) is 7.84. The van der Waals surface area contributed by atoms with Gasteiger partial charge >= 0.3 is 0 Å². The molecule has 0 bridgehead atoms. The number of benzene rings is 2. The zero-order valence-electron chi connectivity index (χ0n) is 17.2. The minimum atomic E-state index is -0.135. The van der Waals surface area contributed by atoms with Gasteiger partial charge in [0.1, 0.15) is 16.7 Å². The lowest BCUT2D eigenvalue weighted by Gasteiger charge is -2.10. The van der Waals surface area contributed by atoms with E-state index in [0.29, 0.717) is 52.7 Å². The van der Waals surface area contributed by atoms with Gasteiger partial charge in [0, 0.05) is 12.1 Å². The zero-order chi connectivity index (χ0) is 21.5. The third-order valence-electron chi connectivity index (χ3n) is 5.41. The molecule has 0 aliphatic rings. The molecule has 8 heteroatoms. The van der Waals surface area contributed by atoms with E-state index in [4.69, 9.17) is 31.3 Å². The highest BCUT2D eigenvalue weighted by Gasteiger charge is 2.21. The fourth-order valence-electron chi connectivity index (χ4n) is 3.86. The Morgan fingerprint density at radius 3 is 2.35 bits per heavy atom. The van der Waals surface area contributed by atoms with Crippen LogP contribution in [0.1, 0.15) is 11.4 Å². The minimum absolute atomic E-state index is 0.135. The van der Waals surface area contributed by atoms with E-state index in [1.165, 1.54) is 0 Å². The highest BCUT2D eigenvalue weighted by atomic mass is 35.5. The zero-order valence-corrected chi connectivity index (χ0v) is 17.9. The van der Waals surface area contributed by atoms with Gasteiger partial charge in [0.05, 0.1) is 30.7 Å². The van der Waals surface area contributed by atoms with Gasteiger partial charge in [-0.25, -0.2) is 15.0 Å². The van der Waals surface area contributed by atoms with E-state index in [0.717, 1.165) is 16.6 Å². The van der Waals surface area contributed by atoms with E-state index in [2.05, 4.69) is 0 Å². The molecule has 7 nitrogen and oxygen atoms in total. The molecule has 5 rings (SSSR count). The molecule has 2 aromatic carbocycles. The van der Waals surface area contributed by atoms with Crippen LogP contribution in [-0.2, 0) is 17.8 Å². The molecular formula is C23H20ClN5O2. The maximum Gasteiger partial charge on any atom is 0.265 e. The standard InChI is InChI=1S/C23H20ClN5O2/c1-14-25-21-19(23(30)28(14)11-12-31-2)20-22(27-18-6-4-3-5-17(18)26-20)29(21)13-15-7-9-16(24)10-8-15/h3-10H,11-13H2,1-2H3. The molecular weight excluding hydrogens is 414 g/mol. The van der Waals surface area contributed by atoms with E-state index in [-0.39, 0.29) is 5.56 Å². The summed E-state index contributed by atoms with van der Waals surface area (Å²) in [4.78, 5) is 27.9. The van der Waals surface area contributed by atoms with Gasteiger partial charge in [0.2, 0.25) is 0 Å². The van der Waals surface area contributed by atoms with Crippen LogP contribution in [-0.4, -0.2) is 37.8 Å². The van der Waals surface area contributed by atoms with Crippen molar-refractivity contribution in [2.24, 2.45) is 0 Å². The average Bonchev–Trinajstić information content (AvgIpc) is 3.06. The molecule has 31 heavy (non-hydrogen) atoms. The number of ether oxygens (including phenoxy) is 1. The minimum Gasteiger partial charge on any atom is -0.383 e. The van der Waals surface area contributed by atoms with Crippen LogP contribution in [0, 0.1) is 6.92 Å². The van der Waals surface area contributed by atoms with Crippen molar-refractivity contribution in [1.29, 1.82) is 0 Å². The number of methoxy groups -OCH3 is 1. The number of nitrogens with zero attached hydrogens (tertiary/aromatic N) is 5. The van der Waals surface area contributed by atoms with Crippen molar-refractivity contribution in [1.82, 2.24) is 24.1 Å². The van der Waals surface area contributed by atoms with Crippen molar-refractivity contribution in [2.75, 3.05) is 13.7 Å². The molecule has 0 unspecified atom stereocenters. The smallest absolute Gasteiger partial charge is 0.265 e. The molecule has 0 aliphatic carbocycles. The van der Waals surface area contributed by atoms with Crippen molar-refractivity contribution >= 4 is 44.8 Å². The third-order valence-corrected chi connectivity index (χ3v) is 5.67. The molecule has 5 aromatic rings. The van der Waals surface area contributed by atoms with Crippen molar-refractivity contribution < 1.29 is 4.74 Å². The first-order chi connectivity index (χ1) is 15.1. The topological polar surface area (TPSA) is 74.8 Å². The molecule has 0 saturated heterocycles. The number of halogens is 1. The Balaban J connectivity index is 1.85. The fraction of sp³-hybridized carbons (Fsp3) is 0.217. The van der Waals surface area contributed by atoms with Crippen LogP contribution in [0.15, 0.2) is 53.3 Å². The van der Waals surface area contributed by atoms with Crippen LogP contribution in [0.4, 0.5) is 0 Å². The number of hydrogen-bond donors (Lipinski definition) is 0. The Morgan fingerprint density at radius 2 is 1.65 bits per heavy atom. The quantitative estimate of drug-likeness (QED) is 0.419. The lowest BCUT2D eigenvalue weighted by molar-refractivity contribution is 0.185. The number of hydrogen-bond acceptors (Lipinski definition) is 5. The Hall–Kier alpha value is -3.29. The summed E-state index contributed by atoms with van der Waals surface area (Å²) in [6.07, 6.45) is 0. The molecule has 0 atom stereocenters. The van der Waals surface area contributed by atoms with E-state index in [9.17, 15) is 4.79 Å². The van der Waals surface area contributed by atoms with Gasteiger partial charge in [-0.15, -0.1) is 0 Å². The van der Waals surface area contributed by atoms with Crippen molar-refractivity contribution in [3.63, 3.8) is 0 Å². The SMILES string of the molecule is COCCn1c(C)nc2c(c1=O)c1nc3ccccc3nc1n2Cc1ccc(Cl)cc1. The van der Waals surface area contributed by atoms with Crippen LogP contribution in [0.25, 0.3) is 33.2 Å². The number of aryl methyl sites for hydroxylation is 1. The van der Waals surface area contributed by atoms with Gasteiger partial charge in [-0.05, 0) is 36.8 Å².